The fourth-order valence-electron chi connectivity index (χ4n) is 1.54. The van der Waals surface area contributed by atoms with Crippen LogP contribution in [0.15, 0.2) is 6.07 Å². The van der Waals surface area contributed by atoms with Gasteiger partial charge in [-0.15, -0.1) is 0 Å². The van der Waals surface area contributed by atoms with Crippen molar-refractivity contribution in [3.8, 4) is 0 Å². The van der Waals surface area contributed by atoms with Gasteiger partial charge in [-0.1, -0.05) is 6.92 Å². The van der Waals surface area contributed by atoms with E-state index in [4.69, 9.17) is 5.11 Å². The molecule has 0 heterocycles. The minimum absolute atomic E-state index is 0.00556. The van der Waals surface area contributed by atoms with E-state index in [0.29, 0.717) is 0 Å². The van der Waals surface area contributed by atoms with Crippen molar-refractivity contribution in [3.05, 3.63) is 34.4 Å². The average molecular weight is 228 g/mol. The van der Waals surface area contributed by atoms with Gasteiger partial charge in [0.2, 0.25) is 0 Å². The van der Waals surface area contributed by atoms with Crippen LogP contribution in [0.4, 0.5) is 8.78 Å². The van der Waals surface area contributed by atoms with Crippen molar-refractivity contribution < 1.29 is 18.7 Å². The third kappa shape index (κ3) is 2.38. The van der Waals surface area contributed by atoms with Gasteiger partial charge in [0.15, 0.2) is 0 Å². The molecule has 0 aliphatic rings. The normalized spacial score (nSPS) is 12.6. The highest BCUT2D eigenvalue weighted by atomic mass is 19.1. The number of carboxylic acids is 1. The maximum absolute atomic E-state index is 13.7. The van der Waals surface area contributed by atoms with Crippen molar-refractivity contribution in [2.24, 2.45) is 5.92 Å². The second-order valence-corrected chi connectivity index (χ2v) is 4.04. The second kappa shape index (κ2) is 4.60. The van der Waals surface area contributed by atoms with Gasteiger partial charge in [0, 0.05) is 0 Å². The zero-order chi connectivity index (χ0) is 12.5. The van der Waals surface area contributed by atoms with E-state index in [-0.39, 0.29) is 23.1 Å². The molecule has 0 spiro atoms. The summed E-state index contributed by atoms with van der Waals surface area (Å²) in [7, 11) is 0. The first kappa shape index (κ1) is 12.6. The molecule has 0 fully saturated rings. The molecule has 0 radical (unpaired) electrons. The van der Waals surface area contributed by atoms with Crippen molar-refractivity contribution in [1.82, 2.24) is 0 Å². The second-order valence-electron chi connectivity index (χ2n) is 4.04. The highest BCUT2D eigenvalue weighted by Crippen LogP contribution is 2.23. The standard InChI is InChI=1S/C12H14F2O2/c1-6-5-10(13)8(3)9(11(6)14)4-7(2)12(15)16/h5,7H,4H2,1-3H3,(H,15,16). The van der Waals surface area contributed by atoms with E-state index in [1.54, 1.807) is 0 Å². The summed E-state index contributed by atoms with van der Waals surface area (Å²) in [5, 5.41) is 8.75. The first-order chi connectivity index (χ1) is 7.34. The van der Waals surface area contributed by atoms with Crippen LogP contribution in [0.3, 0.4) is 0 Å². The van der Waals surface area contributed by atoms with Crippen molar-refractivity contribution in [2.75, 3.05) is 0 Å². The monoisotopic (exact) mass is 228 g/mol. The number of halogens is 2. The molecule has 1 N–H and O–H groups in total. The zero-order valence-electron chi connectivity index (χ0n) is 9.47. The maximum Gasteiger partial charge on any atom is 0.306 e. The van der Waals surface area contributed by atoms with Crippen LogP contribution in [0.1, 0.15) is 23.6 Å². The smallest absolute Gasteiger partial charge is 0.306 e. The quantitative estimate of drug-likeness (QED) is 0.863. The molecule has 1 atom stereocenters. The number of benzene rings is 1. The van der Waals surface area contributed by atoms with Gasteiger partial charge >= 0.3 is 5.97 Å². The van der Waals surface area contributed by atoms with E-state index in [9.17, 15) is 13.6 Å². The summed E-state index contributed by atoms with van der Waals surface area (Å²) in [5.41, 5.74) is 0.555. The molecule has 4 heteroatoms. The van der Waals surface area contributed by atoms with Crippen LogP contribution in [0, 0.1) is 31.4 Å². The Morgan fingerprint density at radius 3 is 2.50 bits per heavy atom. The summed E-state index contributed by atoms with van der Waals surface area (Å²) in [6, 6.07) is 1.12. The van der Waals surface area contributed by atoms with Gasteiger partial charge in [0.25, 0.3) is 0 Å². The Hall–Kier alpha value is -1.45. The molecule has 2 nitrogen and oxygen atoms in total. The van der Waals surface area contributed by atoms with E-state index in [1.165, 1.54) is 20.8 Å². The highest BCUT2D eigenvalue weighted by molar-refractivity contribution is 5.70. The van der Waals surface area contributed by atoms with Crippen LogP contribution >= 0.6 is 0 Å². The first-order valence-corrected chi connectivity index (χ1v) is 5.01. The Kier molecular flexibility index (Phi) is 3.62. The molecule has 88 valence electrons. The molecular formula is C12H14F2O2. The summed E-state index contributed by atoms with van der Waals surface area (Å²) >= 11 is 0. The summed E-state index contributed by atoms with van der Waals surface area (Å²) in [4.78, 5) is 10.7. The molecule has 0 saturated carbocycles. The molecule has 1 aromatic carbocycles. The van der Waals surface area contributed by atoms with Crippen molar-refractivity contribution >= 4 is 5.97 Å². The van der Waals surface area contributed by atoms with Gasteiger partial charge in [-0.3, -0.25) is 4.79 Å². The highest BCUT2D eigenvalue weighted by Gasteiger charge is 2.19. The maximum atomic E-state index is 13.7. The lowest BCUT2D eigenvalue weighted by Gasteiger charge is -2.13. The molecule has 0 bridgehead atoms. The van der Waals surface area contributed by atoms with Gasteiger partial charge in [0.1, 0.15) is 11.6 Å². The predicted molar refractivity (Wildman–Crippen MR) is 56.3 cm³/mol. The third-order valence-electron chi connectivity index (χ3n) is 2.70. The van der Waals surface area contributed by atoms with Crippen molar-refractivity contribution in [3.63, 3.8) is 0 Å². The summed E-state index contributed by atoms with van der Waals surface area (Å²) in [6.45, 7) is 4.40. The fourth-order valence-corrected chi connectivity index (χ4v) is 1.54. The van der Waals surface area contributed by atoms with Gasteiger partial charge in [-0.2, -0.15) is 0 Å². The molecule has 1 unspecified atom stereocenters. The van der Waals surface area contributed by atoms with Gasteiger partial charge in [-0.05, 0) is 43.0 Å². The number of hydrogen-bond acceptors (Lipinski definition) is 1. The average Bonchev–Trinajstić information content (AvgIpc) is 2.21. The molecule has 0 aliphatic carbocycles. The lowest BCUT2D eigenvalue weighted by Crippen LogP contribution is -2.15. The minimum atomic E-state index is -1.01. The van der Waals surface area contributed by atoms with Crippen LogP contribution in [-0.4, -0.2) is 11.1 Å². The van der Waals surface area contributed by atoms with Gasteiger partial charge in [-0.25, -0.2) is 8.78 Å². The van der Waals surface area contributed by atoms with Gasteiger partial charge in [0.05, 0.1) is 5.92 Å². The topological polar surface area (TPSA) is 37.3 Å². The Morgan fingerprint density at radius 1 is 1.44 bits per heavy atom. The van der Waals surface area contributed by atoms with Gasteiger partial charge < -0.3 is 5.11 Å². The van der Waals surface area contributed by atoms with Crippen molar-refractivity contribution in [2.45, 2.75) is 27.2 Å². The molecule has 16 heavy (non-hydrogen) atoms. The van der Waals surface area contributed by atoms with E-state index in [0.717, 1.165) is 6.07 Å². The Morgan fingerprint density at radius 2 is 2.00 bits per heavy atom. The van der Waals surface area contributed by atoms with Crippen LogP contribution in [0.2, 0.25) is 0 Å². The molecule has 0 aliphatic heterocycles. The molecule has 0 amide bonds. The Labute approximate surface area is 92.9 Å². The number of rotatable bonds is 3. The summed E-state index contributed by atoms with van der Waals surface area (Å²) in [5.74, 6) is -2.74. The minimum Gasteiger partial charge on any atom is -0.481 e. The molecule has 1 rings (SSSR count). The van der Waals surface area contributed by atoms with E-state index in [2.05, 4.69) is 0 Å². The molecule has 0 aromatic heterocycles. The SMILES string of the molecule is Cc1cc(F)c(C)c(CC(C)C(=O)O)c1F. The molecular weight excluding hydrogens is 214 g/mol. The number of carbonyl (C=O) groups is 1. The fraction of sp³-hybridized carbons (Fsp3) is 0.417. The lowest BCUT2D eigenvalue weighted by molar-refractivity contribution is -0.141. The Balaban J connectivity index is 3.17. The number of aliphatic carboxylic acids is 1. The van der Waals surface area contributed by atoms with Crippen LogP contribution < -0.4 is 0 Å². The van der Waals surface area contributed by atoms with Crippen LogP contribution in [-0.2, 0) is 11.2 Å². The van der Waals surface area contributed by atoms with E-state index < -0.39 is 23.5 Å². The lowest BCUT2D eigenvalue weighted by atomic mass is 9.95. The number of carboxylic acid groups (broad SMARTS) is 1. The van der Waals surface area contributed by atoms with Crippen LogP contribution in [0.5, 0.6) is 0 Å². The van der Waals surface area contributed by atoms with E-state index >= 15 is 0 Å². The summed E-state index contributed by atoms with van der Waals surface area (Å²) in [6.07, 6.45) is 0.00556. The predicted octanol–water partition coefficient (Wildman–Crippen LogP) is 2.84. The zero-order valence-corrected chi connectivity index (χ0v) is 9.47. The van der Waals surface area contributed by atoms with E-state index in [1.807, 2.05) is 0 Å². The number of aryl methyl sites for hydroxylation is 1. The first-order valence-electron chi connectivity index (χ1n) is 5.01. The van der Waals surface area contributed by atoms with Crippen molar-refractivity contribution in [1.29, 1.82) is 0 Å². The molecule has 0 saturated heterocycles. The third-order valence-corrected chi connectivity index (χ3v) is 2.70. The largest absolute Gasteiger partial charge is 0.481 e. The summed E-state index contributed by atoms with van der Waals surface area (Å²) < 4.78 is 27.1. The number of hydrogen-bond donors (Lipinski definition) is 1. The van der Waals surface area contributed by atoms with Crippen LogP contribution in [0.25, 0.3) is 0 Å². The Bertz CT molecular complexity index is 401. The molecule has 1 aromatic rings.